The Morgan fingerprint density at radius 2 is 2.04 bits per heavy atom. The molecule has 2 aliphatic rings. The fourth-order valence-corrected chi connectivity index (χ4v) is 6.56. The molecule has 2 atom stereocenters. The van der Waals surface area contributed by atoms with Gasteiger partial charge in [0.05, 0.1) is 11.7 Å². The molecule has 0 amide bonds. The molecule has 1 aliphatic heterocycles. The number of carbonyl (C=O) groups excluding carboxylic acids is 2. The Morgan fingerprint density at radius 1 is 1.30 bits per heavy atom. The van der Waals surface area contributed by atoms with E-state index in [2.05, 4.69) is 31.0 Å². The van der Waals surface area contributed by atoms with Crippen molar-refractivity contribution in [3.05, 3.63) is 36.0 Å². The summed E-state index contributed by atoms with van der Waals surface area (Å²) in [6, 6.07) is 8.24. The second kappa shape index (κ2) is 7.46. The number of carbonyl (C=O) groups is 2. The van der Waals surface area contributed by atoms with Crippen molar-refractivity contribution < 1.29 is 9.59 Å². The predicted molar refractivity (Wildman–Crippen MR) is 112 cm³/mol. The van der Waals surface area contributed by atoms with Crippen LogP contribution in [0.1, 0.15) is 51.5 Å². The third-order valence-electron chi connectivity index (χ3n) is 6.79. The van der Waals surface area contributed by atoms with E-state index in [1.165, 1.54) is 10.9 Å². The maximum atomic E-state index is 13.6. The molecular weight excluding hydrogens is 354 g/mol. The average molecular weight is 384 g/mol. The van der Waals surface area contributed by atoms with Gasteiger partial charge in [-0.15, -0.1) is 11.8 Å². The molecule has 1 aromatic carbocycles. The second-order valence-corrected chi connectivity index (χ2v) is 9.90. The Balaban J connectivity index is 1.58. The van der Waals surface area contributed by atoms with Gasteiger partial charge in [-0.25, -0.2) is 0 Å². The van der Waals surface area contributed by atoms with E-state index < -0.39 is 0 Å². The van der Waals surface area contributed by atoms with E-state index in [4.69, 9.17) is 0 Å². The van der Waals surface area contributed by atoms with Crippen molar-refractivity contribution in [3.8, 4) is 0 Å². The summed E-state index contributed by atoms with van der Waals surface area (Å²) in [5.74, 6) is 1.16. The molecule has 2 aromatic rings. The van der Waals surface area contributed by atoms with Gasteiger partial charge in [0.25, 0.3) is 0 Å². The summed E-state index contributed by atoms with van der Waals surface area (Å²) in [6.45, 7) is 4.37. The molecule has 1 saturated heterocycles. The summed E-state index contributed by atoms with van der Waals surface area (Å²) in [7, 11) is 0. The van der Waals surface area contributed by atoms with E-state index in [1.54, 1.807) is 11.8 Å². The minimum absolute atomic E-state index is 0.0759. The van der Waals surface area contributed by atoms with Crippen molar-refractivity contribution in [3.63, 3.8) is 0 Å². The van der Waals surface area contributed by atoms with Gasteiger partial charge in [-0.05, 0) is 56.1 Å². The number of hydrogen-bond acceptors (Lipinski definition) is 3. The maximum absolute atomic E-state index is 13.6. The number of rotatable bonds is 5. The van der Waals surface area contributed by atoms with E-state index in [9.17, 15) is 9.59 Å². The molecule has 4 rings (SSSR count). The van der Waals surface area contributed by atoms with E-state index in [-0.39, 0.29) is 28.1 Å². The summed E-state index contributed by atoms with van der Waals surface area (Å²) >= 11 is 1.77. The highest BCUT2D eigenvalue weighted by Gasteiger charge is 2.54. The number of hydrogen-bond donors (Lipinski definition) is 1. The Bertz CT molecular complexity index is 847. The topological polar surface area (TPSA) is 49.9 Å². The molecule has 0 bridgehead atoms. The van der Waals surface area contributed by atoms with E-state index in [0.29, 0.717) is 5.75 Å². The van der Waals surface area contributed by atoms with Gasteiger partial charge in [-0.2, -0.15) is 0 Å². The average Bonchev–Trinajstić information content (AvgIpc) is 3.23. The van der Waals surface area contributed by atoms with E-state index in [1.807, 2.05) is 18.3 Å². The highest BCUT2D eigenvalue weighted by molar-refractivity contribution is 8.01. The lowest BCUT2D eigenvalue weighted by Crippen LogP contribution is -2.44. The zero-order chi connectivity index (χ0) is 19.0. The van der Waals surface area contributed by atoms with Crippen molar-refractivity contribution in [1.29, 1.82) is 0 Å². The van der Waals surface area contributed by atoms with E-state index >= 15 is 0 Å². The SMILES string of the molecule is CCC(Cc1c[nH]c2ccccc12)C(=O)C1C(=O)CSC12CCC(C)CC2. The Labute approximate surface area is 165 Å². The van der Waals surface area contributed by atoms with Gasteiger partial charge in [0, 0.05) is 27.8 Å². The third kappa shape index (κ3) is 3.37. The van der Waals surface area contributed by atoms with Crippen LogP contribution in [-0.4, -0.2) is 27.1 Å². The molecule has 2 heterocycles. The number of ketones is 2. The van der Waals surface area contributed by atoms with Gasteiger partial charge >= 0.3 is 0 Å². The molecule has 1 aliphatic carbocycles. The first-order valence-corrected chi connectivity index (χ1v) is 11.3. The molecule has 3 nitrogen and oxygen atoms in total. The van der Waals surface area contributed by atoms with Crippen LogP contribution in [0.5, 0.6) is 0 Å². The van der Waals surface area contributed by atoms with Crippen LogP contribution >= 0.6 is 11.8 Å². The standard InChI is InChI=1S/C23H29NO2S/c1-3-16(12-17-13-24-19-7-5-4-6-18(17)19)22(26)21-20(25)14-27-23(21)10-8-15(2)9-11-23/h4-7,13,15-16,21,24H,3,8-12,14H2,1-2H3. The van der Waals surface area contributed by atoms with Gasteiger partial charge < -0.3 is 4.98 Å². The van der Waals surface area contributed by atoms with Crippen LogP contribution in [0.4, 0.5) is 0 Å². The van der Waals surface area contributed by atoms with Crippen molar-refractivity contribution in [2.45, 2.75) is 57.1 Å². The number of aromatic nitrogens is 1. The molecule has 144 valence electrons. The van der Waals surface area contributed by atoms with Gasteiger partial charge in [-0.3, -0.25) is 9.59 Å². The lowest BCUT2D eigenvalue weighted by atomic mass is 9.70. The predicted octanol–water partition coefficient (Wildman–Crippen LogP) is 5.19. The van der Waals surface area contributed by atoms with Crippen LogP contribution in [0, 0.1) is 17.8 Å². The lowest BCUT2D eigenvalue weighted by Gasteiger charge is -2.39. The quantitative estimate of drug-likeness (QED) is 0.723. The maximum Gasteiger partial charge on any atom is 0.154 e. The number of para-hydroxylation sites is 1. The molecule has 0 radical (unpaired) electrons. The molecule has 1 spiro atoms. The van der Waals surface area contributed by atoms with Gasteiger partial charge in [0.1, 0.15) is 5.78 Å². The van der Waals surface area contributed by atoms with Crippen molar-refractivity contribution in [2.24, 2.45) is 17.8 Å². The number of H-pyrrole nitrogens is 1. The normalized spacial score (nSPS) is 29.5. The van der Waals surface area contributed by atoms with E-state index in [0.717, 1.165) is 50.0 Å². The summed E-state index contributed by atoms with van der Waals surface area (Å²) in [4.78, 5) is 29.6. The van der Waals surface area contributed by atoms with Gasteiger partial charge in [-0.1, -0.05) is 32.0 Å². The van der Waals surface area contributed by atoms with Crippen molar-refractivity contribution in [1.82, 2.24) is 4.98 Å². The van der Waals surface area contributed by atoms with Crippen LogP contribution < -0.4 is 0 Å². The third-order valence-corrected chi connectivity index (χ3v) is 8.44. The van der Waals surface area contributed by atoms with Crippen molar-refractivity contribution in [2.75, 3.05) is 5.75 Å². The zero-order valence-corrected chi connectivity index (χ0v) is 17.1. The highest BCUT2D eigenvalue weighted by Crippen LogP contribution is 2.52. The number of nitrogens with one attached hydrogen (secondary N) is 1. The monoisotopic (exact) mass is 383 g/mol. The Morgan fingerprint density at radius 3 is 2.78 bits per heavy atom. The first kappa shape index (κ1) is 18.8. The Hall–Kier alpha value is -1.55. The molecular formula is C23H29NO2S. The summed E-state index contributed by atoms with van der Waals surface area (Å²) in [5.41, 5.74) is 2.30. The number of thioether (sulfide) groups is 1. The molecule has 27 heavy (non-hydrogen) atoms. The molecule has 1 aromatic heterocycles. The van der Waals surface area contributed by atoms with Gasteiger partial charge in [0.2, 0.25) is 0 Å². The number of Topliss-reactive ketones (excluding diaryl/α,β-unsaturated/α-hetero) is 2. The van der Waals surface area contributed by atoms with Crippen LogP contribution in [-0.2, 0) is 16.0 Å². The first-order valence-electron chi connectivity index (χ1n) is 10.3. The lowest BCUT2D eigenvalue weighted by molar-refractivity contribution is -0.135. The number of fused-ring (bicyclic) bond motifs is 1. The van der Waals surface area contributed by atoms with Crippen molar-refractivity contribution >= 4 is 34.2 Å². The molecule has 1 saturated carbocycles. The minimum atomic E-state index is -0.384. The molecule has 1 N–H and O–H groups in total. The van der Waals surface area contributed by atoms with Crippen LogP contribution in [0.2, 0.25) is 0 Å². The molecule has 2 unspecified atom stereocenters. The minimum Gasteiger partial charge on any atom is -0.361 e. The fraction of sp³-hybridized carbons (Fsp3) is 0.565. The summed E-state index contributed by atoms with van der Waals surface area (Å²) in [6.07, 6.45) is 7.87. The number of aromatic amines is 1. The smallest absolute Gasteiger partial charge is 0.154 e. The summed E-state index contributed by atoms with van der Waals surface area (Å²) in [5, 5.41) is 1.19. The molecule has 2 fully saturated rings. The second-order valence-electron chi connectivity index (χ2n) is 8.51. The fourth-order valence-electron chi connectivity index (χ4n) is 5.02. The Kier molecular flexibility index (Phi) is 5.19. The zero-order valence-electron chi connectivity index (χ0n) is 16.3. The first-order chi connectivity index (χ1) is 13.0. The van der Waals surface area contributed by atoms with Crippen LogP contribution in [0.25, 0.3) is 10.9 Å². The number of benzene rings is 1. The molecule has 4 heteroatoms. The van der Waals surface area contributed by atoms with Crippen LogP contribution in [0.3, 0.4) is 0 Å². The van der Waals surface area contributed by atoms with Crippen LogP contribution in [0.15, 0.2) is 30.5 Å². The summed E-state index contributed by atoms with van der Waals surface area (Å²) < 4.78 is -0.117. The largest absolute Gasteiger partial charge is 0.361 e. The van der Waals surface area contributed by atoms with Gasteiger partial charge in [0.15, 0.2) is 5.78 Å². The highest BCUT2D eigenvalue weighted by atomic mass is 32.2.